The Labute approximate surface area is 156 Å². The number of fused-ring (bicyclic) bond motifs is 1. The Morgan fingerprint density at radius 2 is 2.00 bits per heavy atom. The van der Waals surface area contributed by atoms with Crippen molar-refractivity contribution in [2.75, 3.05) is 0 Å². The van der Waals surface area contributed by atoms with E-state index in [1.807, 2.05) is 0 Å². The van der Waals surface area contributed by atoms with Crippen molar-refractivity contribution in [3.8, 4) is 11.5 Å². The Bertz CT molecular complexity index is 1110. The van der Waals surface area contributed by atoms with E-state index in [0.717, 1.165) is 6.07 Å². The number of nitrogens with one attached hydrogen (secondary N) is 1. The molecule has 2 N–H and O–H groups in total. The van der Waals surface area contributed by atoms with Gasteiger partial charge in [-0.2, -0.15) is 13.2 Å². The Morgan fingerprint density at radius 1 is 1.29 bits per heavy atom. The van der Waals surface area contributed by atoms with Crippen LogP contribution in [0, 0.1) is 6.92 Å². The zero-order valence-corrected chi connectivity index (χ0v) is 14.8. The van der Waals surface area contributed by atoms with Crippen molar-refractivity contribution in [3.63, 3.8) is 0 Å². The van der Waals surface area contributed by atoms with E-state index in [0.29, 0.717) is 11.8 Å². The lowest BCUT2D eigenvalue weighted by molar-refractivity contribution is -0.137. The molecule has 1 aromatic carbocycles. The fraction of sp³-hybridized carbons (Fsp3) is 0.211. The van der Waals surface area contributed by atoms with Crippen LogP contribution in [0.15, 0.2) is 45.7 Å². The van der Waals surface area contributed by atoms with E-state index in [2.05, 4.69) is 10.3 Å². The molecule has 0 saturated carbocycles. The topological polar surface area (TPSA) is 92.4 Å². The van der Waals surface area contributed by atoms with E-state index in [1.165, 1.54) is 20.0 Å². The number of carboxylic acid groups (broad SMARTS) is 1. The summed E-state index contributed by atoms with van der Waals surface area (Å²) in [4.78, 5) is 27.9. The zero-order valence-electron chi connectivity index (χ0n) is 14.8. The van der Waals surface area contributed by atoms with Gasteiger partial charge in [0.15, 0.2) is 11.2 Å². The standard InChI is InChI=1S/C19H15F3N2O4/c1-9-15(25)13-8-11(19(20,21)22)7-12(10(2)24-18(26)27)17(13)28-16(9)14-5-3-4-6-23-14/h3-8,10,24H,1-2H3,(H,26,27). The van der Waals surface area contributed by atoms with Crippen molar-refractivity contribution in [1.82, 2.24) is 10.3 Å². The van der Waals surface area contributed by atoms with Gasteiger partial charge in [0.1, 0.15) is 11.3 Å². The summed E-state index contributed by atoms with van der Waals surface area (Å²) in [6.07, 6.45) is -4.65. The summed E-state index contributed by atoms with van der Waals surface area (Å²) in [5.41, 5.74) is -1.48. The maximum Gasteiger partial charge on any atom is 0.416 e. The van der Waals surface area contributed by atoms with Crippen molar-refractivity contribution >= 4 is 17.1 Å². The van der Waals surface area contributed by atoms with E-state index >= 15 is 0 Å². The molecular weight excluding hydrogens is 377 g/mol. The van der Waals surface area contributed by atoms with Crippen molar-refractivity contribution in [1.29, 1.82) is 0 Å². The number of benzene rings is 1. The number of aromatic nitrogens is 1. The zero-order chi connectivity index (χ0) is 20.6. The SMILES string of the molecule is Cc1c(-c2ccccn2)oc2c(C(C)NC(=O)O)cc(C(F)(F)F)cc2c1=O. The molecule has 0 aliphatic carbocycles. The summed E-state index contributed by atoms with van der Waals surface area (Å²) in [5.74, 6) is 0.113. The van der Waals surface area contributed by atoms with E-state index in [-0.39, 0.29) is 27.9 Å². The molecule has 0 bridgehead atoms. The van der Waals surface area contributed by atoms with E-state index in [1.54, 1.807) is 18.2 Å². The van der Waals surface area contributed by atoms with Gasteiger partial charge in [0.2, 0.25) is 0 Å². The third-order valence-corrected chi connectivity index (χ3v) is 4.28. The third-order valence-electron chi connectivity index (χ3n) is 4.28. The number of carbonyl (C=O) groups is 1. The molecule has 146 valence electrons. The smallest absolute Gasteiger partial charge is 0.416 e. The predicted molar refractivity (Wildman–Crippen MR) is 95.0 cm³/mol. The lowest BCUT2D eigenvalue weighted by Gasteiger charge is -2.18. The maximum atomic E-state index is 13.3. The van der Waals surface area contributed by atoms with Gasteiger partial charge >= 0.3 is 12.3 Å². The summed E-state index contributed by atoms with van der Waals surface area (Å²) in [6, 6.07) is 5.38. The first-order valence-corrected chi connectivity index (χ1v) is 8.19. The van der Waals surface area contributed by atoms with Gasteiger partial charge in [0.25, 0.3) is 0 Å². The van der Waals surface area contributed by atoms with Gasteiger partial charge in [0, 0.05) is 17.3 Å². The molecule has 0 aliphatic heterocycles. The average Bonchev–Trinajstić information content (AvgIpc) is 2.63. The van der Waals surface area contributed by atoms with Crippen molar-refractivity contribution in [2.45, 2.75) is 26.1 Å². The number of halogens is 3. The minimum absolute atomic E-state index is 0.0958. The van der Waals surface area contributed by atoms with Crippen molar-refractivity contribution in [2.24, 2.45) is 0 Å². The molecule has 0 radical (unpaired) electrons. The van der Waals surface area contributed by atoms with Crippen LogP contribution in [0.2, 0.25) is 0 Å². The van der Waals surface area contributed by atoms with Crippen LogP contribution >= 0.6 is 0 Å². The second-order valence-corrected chi connectivity index (χ2v) is 6.21. The fourth-order valence-electron chi connectivity index (χ4n) is 2.91. The first-order valence-electron chi connectivity index (χ1n) is 8.19. The summed E-state index contributed by atoms with van der Waals surface area (Å²) >= 11 is 0. The molecule has 0 aliphatic rings. The minimum Gasteiger partial charge on any atom is -0.465 e. The van der Waals surface area contributed by atoms with Crippen LogP contribution in [0.25, 0.3) is 22.4 Å². The highest BCUT2D eigenvalue weighted by Gasteiger charge is 2.33. The molecule has 6 nitrogen and oxygen atoms in total. The lowest BCUT2D eigenvalue weighted by Crippen LogP contribution is -2.25. The van der Waals surface area contributed by atoms with Crippen LogP contribution in [-0.4, -0.2) is 16.2 Å². The molecule has 9 heteroatoms. The number of pyridine rings is 1. The first-order chi connectivity index (χ1) is 13.1. The van der Waals surface area contributed by atoms with Gasteiger partial charge in [-0.05, 0) is 38.1 Å². The summed E-state index contributed by atoms with van der Waals surface area (Å²) < 4.78 is 45.8. The molecule has 0 spiro atoms. The fourth-order valence-corrected chi connectivity index (χ4v) is 2.91. The quantitative estimate of drug-likeness (QED) is 0.684. The van der Waals surface area contributed by atoms with Crippen molar-refractivity contribution in [3.05, 3.63) is 63.4 Å². The number of hydrogen-bond donors (Lipinski definition) is 2. The molecule has 1 atom stereocenters. The molecule has 1 unspecified atom stereocenters. The summed E-state index contributed by atoms with van der Waals surface area (Å²) in [6.45, 7) is 2.80. The Morgan fingerprint density at radius 3 is 2.57 bits per heavy atom. The molecule has 2 heterocycles. The van der Waals surface area contributed by atoms with Crippen molar-refractivity contribution < 1.29 is 27.5 Å². The number of rotatable bonds is 3. The highest BCUT2D eigenvalue weighted by Crippen LogP contribution is 2.36. The molecule has 3 rings (SSSR count). The van der Waals surface area contributed by atoms with Gasteiger partial charge in [0.05, 0.1) is 17.0 Å². The van der Waals surface area contributed by atoms with Crippen LogP contribution in [0.3, 0.4) is 0 Å². The van der Waals surface area contributed by atoms with Crippen LogP contribution in [-0.2, 0) is 6.18 Å². The second kappa shape index (κ2) is 6.99. The Kier molecular flexibility index (Phi) is 4.84. The van der Waals surface area contributed by atoms with E-state index < -0.39 is 29.3 Å². The normalized spacial score (nSPS) is 12.8. The number of hydrogen-bond acceptors (Lipinski definition) is 4. The molecule has 0 fully saturated rings. The largest absolute Gasteiger partial charge is 0.465 e. The predicted octanol–water partition coefficient (Wildman–Crippen LogP) is 4.51. The van der Waals surface area contributed by atoms with E-state index in [4.69, 9.17) is 9.52 Å². The number of alkyl halides is 3. The summed E-state index contributed by atoms with van der Waals surface area (Å²) in [7, 11) is 0. The number of amides is 1. The molecule has 28 heavy (non-hydrogen) atoms. The average molecular weight is 392 g/mol. The van der Waals surface area contributed by atoms with Gasteiger partial charge in [-0.3, -0.25) is 9.78 Å². The van der Waals surface area contributed by atoms with Crippen LogP contribution in [0.4, 0.5) is 18.0 Å². The third kappa shape index (κ3) is 3.55. The molecular formula is C19H15F3N2O4. The van der Waals surface area contributed by atoms with Crippen LogP contribution in [0.1, 0.15) is 29.7 Å². The second-order valence-electron chi connectivity index (χ2n) is 6.21. The van der Waals surface area contributed by atoms with Crippen LogP contribution in [0.5, 0.6) is 0 Å². The first kappa shape index (κ1) is 19.4. The highest BCUT2D eigenvalue weighted by molar-refractivity contribution is 5.84. The number of nitrogens with zero attached hydrogens (tertiary/aromatic N) is 1. The van der Waals surface area contributed by atoms with Gasteiger partial charge in [-0.25, -0.2) is 4.79 Å². The molecule has 0 saturated heterocycles. The Hall–Kier alpha value is -3.36. The maximum absolute atomic E-state index is 13.3. The van der Waals surface area contributed by atoms with Gasteiger partial charge in [-0.1, -0.05) is 6.07 Å². The minimum atomic E-state index is -4.72. The highest BCUT2D eigenvalue weighted by atomic mass is 19.4. The molecule has 2 aromatic heterocycles. The van der Waals surface area contributed by atoms with Crippen LogP contribution < -0.4 is 10.7 Å². The molecule has 1 amide bonds. The monoisotopic (exact) mass is 392 g/mol. The van der Waals surface area contributed by atoms with Gasteiger partial charge < -0.3 is 14.8 Å². The van der Waals surface area contributed by atoms with E-state index in [9.17, 15) is 22.8 Å². The lowest BCUT2D eigenvalue weighted by atomic mass is 9.99. The summed E-state index contributed by atoms with van der Waals surface area (Å²) in [5, 5.41) is 10.8. The Balaban J connectivity index is 2.39. The molecule has 3 aromatic rings. The van der Waals surface area contributed by atoms with Gasteiger partial charge in [-0.15, -0.1) is 0 Å².